The lowest BCUT2D eigenvalue weighted by molar-refractivity contribution is 0.470. The molecule has 0 amide bonds. The maximum absolute atomic E-state index is 10.4. The van der Waals surface area contributed by atoms with Crippen molar-refractivity contribution in [2.45, 2.75) is 12.8 Å². The highest BCUT2D eigenvalue weighted by atomic mass is 16.3. The van der Waals surface area contributed by atoms with Crippen LogP contribution in [0.3, 0.4) is 0 Å². The molecule has 1 heterocycles. The van der Waals surface area contributed by atoms with Crippen molar-refractivity contribution in [1.82, 2.24) is 15.0 Å². The molecule has 168 valence electrons. The van der Waals surface area contributed by atoms with Crippen molar-refractivity contribution in [3.05, 3.63) is 107 Å². The summed E-state index contributed by atoms with van der Waals surface area (Å²) in [5.74, 6) is 2.24. The van der Waals surface area contributed by atoms with Crippen LogP contribution in [-0.4, -0.2) is 20.1 Å². The Morgan fingerprint density at radius 3 is 1.63 bits per heavy atom. The van der Waals surface area contributed by atoms with E-state index in [-0.39, 0.29) is 0 Å². The third-order valence-corrected chi connectivity index (χ3v) is 6.26. The third kappa shape index (κ3) is 4.11. The number of aromatic nitrogens is 3. The lowest BCUT2D eigenvalue weighted by Gasteiger charge is -2.11. The highest BCUT2D eigenvalue weighted by molar-refractivity contribution is 5.74. The lowest BCUT2D eigenvalue weighted by atomic mass is 9.96. The zero-order chi connectivity index (χ0) is 23.6. The van der Waals surface area contributed by atoms with Gasteiger partial charge in [-0.2, -0.15) is 0 Å². The number of nitrogens with zero attached hydrogens (tertiary/aromatic N) is 3. The fourth-order valence-electron chi connectivity index (χ4n) is 4.53. The Morgan fingerprint density at radius 2 is 1.00 bits per heavy atom. The second kappa shape index (κ2) is 8.99. The fraction of sp³-hybridized carbons (Fsp3) is 0.0645. The molecule has 1 aromatic heterocycles. The molecule has 4 aromatic carbocycles. The van der Waals surface area contributed by atoms with Gasteiger partial charge in [-0.1, -0.05) is 97.1 Å². The minimum atomic E-state index is 0.327. The maximum Gasteiger partial charge on any atom is 0.164 e. The molecule has 1 aliphatic carbocycles. The first-order valence-corrected chi connectivity index (χ1v) is 11.8. The number of hydrogen-bond acceptors (Lipinski definition) is 4. The molecule has 1 aliphatic rings. The van der Waals surface area contributed by atoms with Crippen molar-refractivity contribution >= 4 is 12.2 Å². The smallest absolute Gasteiger partial charge is 0.164 e. The summed E-state index contributed by atoms with van der Waals surface area (Å²) >= 11 is 0. The van der Waals surface area contributed by atoms with Gasteiger partial charge in [0.05, 0.1) is 0 Å². The minimum Gasteiger partial charge on any atom is -0.507 e. The van der Waals surface area contributed by atoms with Gasteiger partial charge < -0.3 is 5.11 Å². The minimum absolute atomic E-state index is 0.327. The van der Waals surface area contributed by atoms with E-state index in [1.165, 1.54) is 0 Å². The molecule has 0 unspecified atom stereocenters. The van der Waals surface area contributed by atoms with E-state index >= 15 is 0 Å². The van der Waals surface area contributed by atoms with Crippen LogP contribution in [0.15, 0.2) is 97.1 Å². The van der Waals surface area contributed by atoms with Gasteiger partial charge in [0.25, 0.3) is 0 Å². The molecule has 4 nitrogen and oxygen atoms in total. The van der Waals surface area contributed by atoms with Crippen LogP contribution in [0.2, 0.25) is 0 Å². The molecule has 0 fully saturated rings. The summed E-state index contributed by atoms with van der Waals surface area (Å²) in [6.45, 7) is 0. The van der Waals surface area contributed by atoms with Crippen molar-refractivity contribution in [1.29, 1.82) is 0 Å². The van der Waals surface area contributed by atoms with E-state index < -0.39 is 0 Å². The Hall–Kier alpha value is -4.57. The molecular formula is C31H23N3O. The van der Waals surface area contributed by atoms with Crippen LogP contribution in [0.25, 0.3) is 57.4 Å². The van der Waals surface area contributed by atoms with Crippen LogP contribution in [0.4, 0.5) is 0 Å². The standard InChI is InChI=1S/C31H23N3O/c35-28-19-18-25(26-16-7-8-17-27(26)28)23-14-9-15-24(20-23)31-33-29(21-10-3-1-4-11-21)32-30(34-31)22-12-5-2-6-13-22/h1-6,9-20,35H,7-8H2. The molecule has 6 rings (SSSR count). The van der Waals surface area contributed by atoms with E-state index in [1.807, 2.05) is 78.9 Å². The van der Waals surface area contributed by atoms with Crippen LogP contribution in [0, 0.1) is 0 Å². The Labute approximate surface area is 203 Å². The number of rotatable bonds is 4. The van der Waals surface area contributed by atoms with E-state index in [0.29, 0.717) is 23.2 Å². The summed E-state index contributed by atoms with van der Waals surface area (Å²) in [5.41, 5.74) is 4.97. The summed E-state index contributed by atoms with van der Waals surface area (Å²) < 4.78 is 0. The zero-order valence-electron chi connectivity index (χ0n) is 19.1. The third-order valence-electron chi connectivity index (χ3n) is 6.26. The SMILES string of the molecule is Oc1ccc(-c2cccc(-c3nc(-c4ccccc4)nc(-c4ccccc4)n3)c2)c2c1=CCCC=2. The molecule has 0 atom stereocenters. The topological polar surface area (TPSA) is 58.9 Å². The summed E-state index contributed by atoms with van der Waals surface area (Å²) in [4.78, 5) is 14.5. The maximum atomic E-state index is 10.4. The molecule has 5 aromatic rings. The van der Waals surface area contributed by atoms with Gasteiger partial charge in [-0.3, -0.25) is 0 Å². The van der Waals surface area contributed by atoms with E-state index in [2.05, 4.69) is 24.3 Å². The number of fused-ring (bicyclic) bond motifs is 1. The Bertz CT molecular complexity index is 1590. The fourth-order valence-corrected chi connectivity index (χ4v) is 4.53. The molecule has 0 saturated heterocycles. The molecule has 0 aliphatic heterocycles. The first-order chi connectivity index (χ1) is 17.3. The normalized spacial score (nSPS) is 12.3. The lowest BCUT2D eigenvalue weighted by Crippen LogP contribution is -2.28. The largest absolute Gasteiger partial charge is 0.507 e. The Balaban J connectivity index is 1.52. The zero-order valence-corrected chi connectivity index (χ0v) is 19.1. The van der Waals surface area contributed by atoms with Crippen molar-refractivity contribution in [2.24, 2.45) is 0 Å². The van der Waals surface area contributed by atoms with Crippen LogP contribution in [0.1, 0.15) is 12.8 Å². The highest BCUT2D eigenvalue weighted by Gasteiger charge is 2.13. The average Bonchev–Trinajstić information content (AvgIpc) is 2.94. The monoisotopic (exact) mass is 453 g/mol. The van der Waals surface area contributed by atoms with Gasteiger partial charge in [-0.05, 0) is 41.3 Å². The van der Waals surface area contributed by atoms with Crippen LogP contribution in [0.5, 0.6) is 5.75 Å². The first-order valence-electron chi connectivity index (χ1n) is 11.8. The van der Waals surface area contributed by atoms with E-state index in [9.17, 15) is 5.11 Å². The predicted octanol–water partition coefficient (Wildman–Crippen LogP) is 5.60. The van der Waals surface area contributed by atoms with Crippen molar-refractivity contribution in [2.75, 3.05) is 0 Å². The number of phenolic OH excluding ortho intramolecular Hbond substituents is 1. The van der Waals surface area contributed by atoms with Crippen molar-refractivity contribution < 1.29 is 5.11 Å². The summed E-state index contributed by atoms with van der Waals surface area (Å²) in [6, 6.07) is 32.0. The Kier molecular flexibility index (Phi) is 5.39. The van der Waals surface area contributed by atoms with Crippen molar-refractivity contribution in [3.8, 4) is 51.0 Å². The number of benzene rings is 4. The van der Waals surface area contributed by atoms with Crippen LogP contribution >= 0.6 is 0 Å². The van der Waals surface area contributed by atoms with Crippen molar-refractivity contribution in [3.63, 3.8) is 0 Å². The molecule has 4 heteroatoms. The molecule has 1 N–H and O–H groups in total. The van der Waals surface area contributed by atoms with E-state index in [1.54, 1.807) is 6.07 Å². The highest BCUT2D eigenvalue weighted by Crippen LogP contribution is 2.27. The second-order valence-corrected chi connectivity index (χ2v) is 8.56. The van der Waals surface area contributed by atoms with Gasteiger partial charge in [-0.25, -0.2) is 15.0 Å². The van der Waals surface area contributed by atoms with Crippen LogP contribution < -0.4 is 10.4 Å². The molecular weight excluding hydrogens is 430 g/mol. The number of aromatic hydroxyl groups is 1. The summed E-state index contributed by atoms with van der Waals surface area (Å²) in [6.07, 6.45) is 6.24. The first kappa shape index (κ1) is 21.0. The van der Waals surface area contributed by atoms with Gasteiger partial charge >= 0.3 is 0 Å². The van der Waals surface area contributed by atoms with Gasteiger partial charge in [0.15, 0.2) is 17.5 Å². The average molecular weight is 454 g/mol. The van der Waals surface area contributed by atoms with Gasteiger partial charge in [0.2, 0.25) is 0 Å². The van der Waals surface area contributed by atoms with E-state index in [0.717, 1.165) is 51.1 Å². The van der Waals surface area contributed by atoms with Gasteiger partial charge in [0, 0.05) is 21.9 Å². The molecule has 0 bridgehead atoms. The van der Waals surface area contributed by atoms with Crippen LogP contribution in [-0.2, 0) is 0 Å². The Morgan fingerprint density at radius 1 is 0.486 bits per heavy atom. The molecule has 0 radical (unpaired) electrons. The molecule has 35 heavy (non-hydrogen) atoms. The van der Waals surface area contributed by atoms with Gasteiger partial charge in [-0.15, -0.1) is 0 Å². The molecule has 0 spiro atoms. The number of phenols is 1. The second-order valence-electron chi connectivity index (χ2n) is 8.56. The van der Waals surface area contributed by atoms with E-state index in [4.69, 9.17) is 15.0 Å². The molecule has 0 saturated carbocycles. The summed E-state index contributed by atoms with van der Waals surface area (Å²) in [5, 5.41) is 12.4. The number of hydrogen-bond donors (Lipinski definition) is 1. The quantitative estimate of drug-likeness (QED) is 0.385. The van der Waals surface area contributed by atoms with Gasteiger partial charge in [0.1, 0.15) is 5.75 Å². The predicted molar refractivity (Wildman–Crippen MR) is 141 cm³/mol. The summed E-state index contributed by atoms with van der Waals surface area (Å²) in [7, 11) is 0.